The normalized spacial score (nSPS) is 14.7. The zero-order chi connectivity index (χ0) is 20.1. The van der Waals surface area contributed by atoms with Gasteiger partial charge in [-0.1, -0.05) is 18.5 Å². The third-order valence-corrected chi connectivity index (χ3v) is 6.77. The predicted octanol–water partition coefficient (Wildman–Crippen LogP) is 3.32. The number of halogens is 1. The van der Waals surface area contributed by atoms with Crippen LogP contribution in [0.25, 0.3) is 22.6 Å². The molecule has 0 atom stereocenters. The maximum absolute atomic E-state index is 9.73. The van der Waals surface area contributed by atoms with Crippen LogP contribution in [-0.2, 0) is 6.42 Å². The summed E-state index contributed by atoms with van der Waals surface area (Å²) in [5, 5.41) is 21.4. The van der Waals surface area contributed by atoms with Gasteiger partial charge in [-0.25, -0.2) is 15.0 Å². The molecule has 1 aliphatic heterocycles. The van der Waals surface area contributed by atoms with Gasteiger partial charge in [-0.05, 0) is 18.2 Å². The molecule has 0 radical (unpaired) electrons. The first kappa shape index (κ1) is 18.8. The number of thiazole rings is 1. The van der Waals surface area contributed by atoms with Gasteiger partial charge in [-0.3, -0.25) is 0 Å². The van der Waals surface area contributed by atoms with Crippen LogP contribution >= 0.6 is 34.7 Å². The van der Waals surface area contributed by atoms with Crippen molar-refractivity contribution < 1.29 is 9.52 Å². The number of nitrogens with zero attached hydrogens (tertiary/aromatic N) is 6. The first-order chi connectivity index (χ1) is 14.0. The molecule has 0 bridgehead atoms. The highest BCUT2D eigenvalue weighted by Crippen LogP contribution is 2.38. The minimum atomic E-state index is -0.348. The number of aliphatic hydroxyl groups excluding tert-OH is 1. The van der Waals surface area contributed by atoms with Gasteiger partial charge < -0.3 is 19.4 Å². The number of aryl methyl sites for hydroxylation is 2. The average molecular weight is 450 g/mol. The van der Waals surface area contributed by atoms with E-state index in [1.54, 1.807) is 6.92 Å². The molecular weight excluding hydrogens is 434 g/mol. The molecule has 4 aromatic heterocycles. The van der Waals surface area contributed by atoms with Gasteiger partial charge in [-0.15, -0.1) is 21.5 Å². The van der Waals surface area contributed by atoms with Gasteiger partial charge in [0.25, 0.3) is 5.89 Å². The monoisotopic (exact) mass is 449 g/mol. The molecule has 29 heavy (non-hydrogen) atoms. The van der Waals surface area contributed by atoms with Crippen molar-refractivity contribution in [3.63, 3.8) is 0 Å². The van der Waals surface area contributed by atoms with E-state index in [1.807, 2.05) is 17.2 Å². The molecule has 0 unspecified atom stereocenters. The molecule has 12 heteroatoms. The zero-order valence-corrected chi connectivity index (χ0v) is 17.9. The van der Waals surface area contributed by atoms with Gasteiger partial charge in [0.05, 0.1) is 16.5 Å². The molecule has 4 aromatic rings. The van der Waals surface area contributed by atoms with Crippen molar-refractivity contribution in [2.75, 3.05) is 18.0 Å². The van der Waals surface area contributed by atoms with E-state index in [-0.39, 0.29) is 6.10 Å². The Morgan fingerprint density at radius 3 is 2.86 bits per heavy atom. The molecule has 150 valence electrons. The lowest BCUT2D eigenvalue weighted by molar-refractivity contribution is 0.141. The van der Waals surface area contributed by atoms with Crippen molar-refractivity contribution >= 4 is 51.6 Å². The Bertz CT molecular complexity index is 1200. The molecule has 0 aliphatic carbocycles. The number of aromatic nitrogens is 6. The van der Waals surface area contributed by atoms with Crippen LogP contribution in [-0.4, -0.2) is 54.4 Å². The summed E-state index contributed by atoms with van der Waals surface area (Å²) in [6, 6.07) is 0. The molecule has 1 aliphatic rings. The van der Waals surface area contributed by atoms with Gasteiger partial charge in [0, 0.05) is 31.1 Å². The average Bonchev–Trinajstić information content (AvgIpc) is 3.38. The molecule has 9 nitrogen and oxygen atoms in total. The fraction of sp³-hybridized carbons (Fsp3) is 0.353. The Kier molecular flexibility index (Phi) is 4.69. The lowest BCUT2D eigenvalue weighted by Crippen LogP contribution is -2.51. The van der Waals surface area contributed by atoms with Crippen LogP contribution in [0.3, 0.4) is 0 Å². The number of fused-ring (bicyclic) bond motifs is 1. The van der Waals surface area contributed by atoms with Gasteiger partial charge >= 0.3 is 0 Å². The summed E-state index contributed by atoms with van der Waals surface area (Å²) in [4.78, 5) is 19.2. The Morgan fingerprint density at radius 2 is 2.17 bits per heavy atom. The quantitative estimate of drug-likeness (QED) is 0.442. The highest BCUT2D eigenvalue weighted by molar-refractivity contribution is 8.00. The molecule has 0 aromatic carbocycles. The van der Waals surface area contributed by atoms with E-state index in [0.717, 1.165) is 27.7 Å². The van der Waals surface area contributed by atoms with Crippen molar-refractivity contribution in [3.8, 4) is 11.6 Å². The van der Waals surface area contributed by atoms with Crippen molar-refractivity contribution in [2.24, 2.45) is 0 Å². The Morgan fingerprint density at radius 1 is 1.34 bits per heavy atom. The predicted molar refractivity (Wildman–Crippen MR) is 111 cm³/mol. The number of H-pyrrole nitrogens is 1. The molecule has 1 saturated heterocycles. The van der Waals surface area contributed by atoms with Gasteiger partial charge in [0.15, 0.2) is 9.50 Å². The molecule has 0 amide bonds. The number of β-amino-alcohol motifs (C(OH)–C–C–N with tert-alkyl or cyclic N) is 1. The third kappa shape index (κ3) is 3.37. The van der Waals surface area contributed by atoms with Crippen LogP contribution in [0.1, 0.15) is 18.5 Å². The number of nitrogens with one attached hydrogen (secondary N) is 1. The molecular formula is C17H16ClN7O2S2. The first-order valence-electron chi connectivity index (χ1n) is 8.96. The molecule has 5 rings (SSSR count). The number of aliphatic hydroxyl groups is 1. The van der Waals surface area contributed by atoms with Gasteiger partial charge in [0.1, 0.15) is 17.2 Å². The number of rotatable bonds is 5. The largest absolute Gasteiger partial charge is 0.420 e. The lowest BCUT2D eigenvalue weighted by atomic mass is 10.1. The van der Waals surface area contributed by atoms with Crippen molar-refractivity contribution in [1.82, 2.24) is 30.1 Å². The van der Waals surface area contributed by atoms with Crippen LogP contribution in [0.15, 0.2) is 19.3 Å². The minimum Gasteiger partial charge on any atom is -0.420 e. The van der Waals surface area contributed by atoms with E-state index in [9.17, 15) is 5.11 Å². The van der Waals surface area contributed by atoms with Crippen molar-refractivity contribution in [2.45, 2.75) is 35.9 Å². The second kappa shape index (κ2) is 7.24. The fourth-order valence-electron chi connectivity index (χ4n) is 3.10. The summed E-state index contributed by atoms with van der Waals surface area (Å²) in [5.74, 6) is 1.61. The number of hydrogen-bond acceptors (Lipinski definition) is 10. The highest BCUT2D eigenvalue weighted by atomic mass is 35.5. The zero-order valence-electron chi connectivity index (χ0n) is 15.5. The standard InChI is InChI=1S/C17H16ClN7O2S2/c1-3-9-12(18)11-13(19-9)21-16(22-14(11)25-4-8(26)5-25)29-17-20-10(6-28-17)15-24-23-7(2)27-15/h6,8,26H,3-5H2,1-2H3,(H,19,21,22). The Hall–Kier alpha value is -2.21. The summed E-state index contributed by atoms with van der Waals surface area (Å²) in [5.41, 5.74) is 2.23. The highest BCUT2D eigenvalue weighted by Gasteiger charge is 2.30. The molecule has 0 saturated carbocycles. The first-order valence-corrected chi connectivity index (χ1v) is 11.0. The minimum absolute atomic E-state index is 0.348. The van der Waals surface area contributed by atoms with E-state index >= 15 is 0 Å². The van der Waals surface area contributed by atoms with Crippen LogP contribution in [0.2, 0.25) is 5.02 Å². The maximum Gasteiger partial charge on any atom is 0.267 e. The fourth-order valence-corrected chi connectivity index (χ4v) is 5.10. The summed E-state index contributed by atoms with van der Waals surface area (Å²) >= 11 is 9.38. The number of hydrogen-bond donors (Lipinski definition) is 2. The van der Waals surface area contributed by atoms with Crippen LogP contribution in [0.4, 0.5) is 5.82 Å². The van der Waals surface area contributed by atoms with E-state index in [2.05, 4.69) is 25.1 Å². The summed E-state index contributed by atoms with van der Waals surface area (Å²) in [7, 11) is 0. The topological polar surface area (TPSA) is 117 Å². The molecule has 1 fully saturated rings. The van der Waals surface area contributed by atoms with E-state index in [0.29, 0.717) is 46.4 Å². The van der Waals surface area contributed by atoms with E-state index in [4.69, 9.17) is 21.0 Å². The van der Waals surface area contributed by atoms with Gasteiger partial charge in [0.2, 0.25) is 5.89 Å². The third-order valence-electron chi connectivity index (χ3n) is 4.55. The maximum atomic E-state index is 9.73. The van der Waals surface area contributed by atoms with Gasteiger partial charge in [-0.2, -0.15) is 0 Å². The smallest absolute Gasteiger partial charge is 0.267 e. The number of anilines is 1. The summed E-state index contributed by atoms with van der Waals surface area (Å²) < 4.78 is 6.20. The molecule has 2 N–H and O–H groups in total. The van der Waals surface area contributed by atoms with E-state index < -0.39 is 0 Å². The lowest BCUT2D eigenvalue weighted by Gasteiger charge is -2.37. The number of aromatic amines is 1. The molecule has 5 heterocycles. The second-order valence-corrected chi connectivity index (χ2v) is 9.06. The second-order valence-electron chi connectivity index (χ2n) is 6.61. The Labute approximate surface area is 178 Å². The van der Waals surface area contributed by atoms with Crippen LogP contribution in [0, 0.1) is 6.92 Å². The van der Waals surface area contributed by atoms with Crippen LogP contribution in [0.5, 0.6) is 0 Å². The summed E-state index contributed by atoms with van der Waals surface area (Å²) in [6.45, 7) is 4.82. The van der Waals surface area contributed by atoms with Crippen LogP contribution < -0.4 is 4.90 Å². The van der Waals surface area contributed by atoms with Crippen molar-refractivity contribution in [1.29, 1.82) is 0 Å². The van der Waals surface area contributed by atoms with Crippen molar-refractivity contribution in [3.05, 3.63) is 22.0 Å². The Balaban J connectivity index is 1.51. The summed E-state index contributed by atoms with van der Waals surface area (Å²) in [6.07, 6.45) is 0.415. The van der Waals surface area contributed by atoms with E-state index in [1.165, 1.54) is 23.1 Å². The SMILES string of the molecule is CCc1[nH]c2nc(Sc3nc(-c4nnc(C)o4)cs3)nc(N3CC(O)C3)c2c1Cl. The molecule has 0 spiro atoms.